The summed E-state index contributed by atoms with van der Waals surface area (Å²) < 4.78 is 7.03. The van der Waals surface area contributed by atoms with Crippen molar-refractivity contribution in [3.05, 3.63) is 45.7 Å². The van der Waals surface area contributed by atoms with E-state index in [0.717, 1.165) is 16.8 Å². The molecule has 7 nitrogen and oxygen atoms in total. The van der Waals surface area contributed by atoms with Crippen molar-refractivity contribution >= 4 is 29.3 Å². The van der Waals surface area contributed by atoms with Gasteiger partial charge in [0.05, 0.1) is 12.2 Å². The zero-order chi connectivity index (χ0) is 20.6. The number of benzene rings is 1. The van der Waals surface area contributed by atoms with Gasteiger partial charge in [-0.25, -0.2) is 4.79 Å². The fourth-order valence-corrected chi connectivity index (χ4v) is 3.31. The van der Waals surface area contributed by atoms with E-state index in [1.165, 1.54) is 0 Å². The number of aromatic nitrogens is 2. The molecule has 0 unspecified atom stereocenters. The van der Waals surface area contributed by atoms with Crippen LogP contribution in [-0.2, 0) is 24.8 Å². The van der Waals surface area contributed by atoms with E-state index < -0.39 is 11.7 Å². The highest BCUT2D eigenvalue weighted by molar-refractivity contribution is 6.31. The Morgan fingerprint density at radius 3 is 2.64 bits per heavy atom. The molecule has 1 aromatic carbocycles. The fourth-order valence-electron chi connectivity index (χ4n) is 3.13. The Morgan fingerprint density at radius 2 is 2.00 bits per heavy atom. The van der Waals surface area contributed by atoms with Crippen LogP contribution < -0.4 is 5.32 Å². The van der Waals surface area contributed by atoms with Gasteiger partial charge in [-0.2, -0.15) is 5.10 Å². The summed E-state index contributed by atoms with van der Waals surface area (Å²) in [5, 5.41) is 7.92. The van der Waals surface area contributed by atoms with Crippen LogP contribution in [0, 0.1) is 6.92 Å². The molecule has 2 aromatic rings. The van der Waals surface area contributed by atoms with Crippen molar-refractivity contribution in [2.75, 3.05) is 11.9 Å². The third kappa shape index (κ3) is 4.30. The van der Waals surface area contributed by atoms with Gasteiger partial charge in [-0.05, 0) is 45.4 Å². The molecule has 0 saturated carbocycles. The van der Waals surface area contributed by atoms with Crippen LogP contribution in [0.1, 0.15) is 48.1 Å². The molecule has 0 aliphatic carbocycles. The lowest BCUT2D eigenvalue weighted by Crippen LogP contribution is -2.40. The predicted molar refractivity (Wildman–Crippen MR) is 108 cm³/mol. The summed E-state index contributed by atoms with van der Waals surface area (Å²) in [7, 11) is 1.73. The van der Waals surface area contributed by atoms with Crippen molar-refractivity contribution in [2.45, 2.75) is 46.3 Å². The molecule has 28 heavy (non-hydrogen) atoms. The van der Waals surface area contributed by atoms with Gasteiger partial charge in [0, 0.05) is 36.3 Å². The highest BCUT2D eigenvalue weighted by Crippen LogP contribution is 2.25. The average Bonchev–Trinajstić information content (AvgIpc) is 2.91. The molecular weight excluding hydrogens is 380 g/mol. The number of aryl methyl sites for hydroxylation is 2. The first kappa shape index (κ1) is 20.2. The Balaban J connectivity index is 1.82. The van der Waals surface area contributed by atoms with Crippen LogP contribution in [-0.4, -0.2) is 38.8 Å². The SMILES string of the molecule is Cc1ccc(NC(=O)c2c3c(nn2C)CCN(C(=O)OC(C)(C)C)C3)cc1Cl. The number of hydrogen-bond acceptors (Lipinski definition) is 4. The first-order valence-electron chi connectivity index (χ1n) is 9.15. The molecule has 1 aliphatic heterocycles. The Bertz CT molecular complexity index is 930. The lowest BCUT2D eigenvalue weighted by atomic mass is 10.1. The molecule has 150 valence electrons. The largest absolute Gasteiger partial charge is 0.444 e. The van der Waals surface area contributed by atoms with E-state index in [9.17, 15) is 9.59 Å². The first-order valence-corrected chi connectivity index (χ1v) is 9.53. The van der Waals surface area contributed by atoms with Crippen molar-refractivity contribution in [1.29, 1.82) is 0 Å². The number of amides is 2. The van der Waals surface area contributed by atoms with E-state index in [1.54, 1.807) is 28.8 Å². The average molecular weight is 405 g/mol. The summed E-state index contributed by atoms with van der Waals surface area (Å²) in [5.74, 6) is -0.290. The molecule has 8 heteroatoms. The van der Waals surface area contributed by atoms with Crippen LogP contribution >= 0.6 is 11.6 Å². The molecule has 1 aromatic heterocycles. The number of nitrogens with one attached hydrogen (secondary N) is 1. The van der Waals surface area contributed by atoms with Gasteiger partial charge >= 0.3 is 6.09 Å². The molecule has 1 aliphatic rings. The maximum Gasteiger partial charge on any atom is 0.410 e. The topological polar surface area (TPSA) is 76.5 Å². The van der Waals surface area contributed by atoms with E-state index in [2.05, 4.69) is 10.4 Å². The molecule has 0 saturated heterocycles. The number of rotatable bonds is 2. The number of carbonyl (C=O) groups is 2. The zero-order valence-corrected chi connectivity index (χ0v) is 17.6. The number of halogens is 1. The summed E-state index contributed by atoms with van der Waals surface area (Å²) in [6.07, 6.45) is 0.185. The smallest absolute Gasteiger partial charge is 0.410 e. The number of fused-ring (bicyclic) bond motifs is 1. The molecule has 0 fully saturated rings. The quantitative estimate of drug-likeness (QED) is 0.822. The van der Waals surface area contributed by atoms with Crippen LogP contribution in [0.5, 0.6) is 0 Å². The second kappa shape index (κ2) is 7.47. The molecule has 0 atom stereocenters. The summed E-state index contributed by atoms with van der Waals surface area (Å²) in [4.78, 5) is 27.0. The standard InChI is InChI=1S/C20H25ClN4O3/c1-12-6-7-13(10-15(12)21)22-18(26)17-14-11-25(19(27)28-20(2,3)4)9-8-16(14)23-24(17)5/h6-7,10H,8-9,11H2,1-5H3,(H,22,26). The van der Waals surface area contributed by atoms with Gasteiger partial charge in [-0.3, -0.25) is 9.48 Å². The maximum atomic E-state index is 12.9. The summed E-state index contributed by atoms with van der Waals surface area (Å²) in [6, 6.07) is 5.36. The third-order valence-corrected chi connectivity index (χ3v) is 4.90. The highest BCUT2D eigenvalue weighted by atomic mass is 35.5. The number of ether oxygens (including phenoxy) is 1. The minimum absolute atomic E-state index is 0.287. The Labute approximate surface area is 169 Å². The summed E-state index contributed by atoms with van der Waals surface area (Å²) in [6.45, 7) is 8.18. The molecule has 0 radical (unpaired) electrons. The molecule has 0 spiro atoms. The van der Waals surface area contributed by atoms with Crippen LogP contribution in [0.3, 0.4) is 0 Å². The second-order valence-electron chi connectivity index (χ2n) is 7.97. The van der Waals surface area contributed by atoms with Gasteiger partial charge in [-0.1, -0.05) is 17.7 Å². The summed E-state index contributed by atoms with van der Waals surface area (Å²) in [5.41, 5.74) is 2.97. The minimum Gasteiger partial charge on any atom is -0.444 e. The van der Waals surface area contributed by atoms with E-state index in [4.69, 9.17) is 16.3 Å². The molecule has 1 N–H and O–H groups in total. The number of hydrogen-bond donors (Lipinski definition) is 1. The van der Waals surface area contributed by atoms with Gasteiger partial charge in [0.15, 0.2) is 0 Å². The maximum absolute atomic E-state index is 12.9. The highest BCUT2D eigenvalue weighted by Gasteiger charge is 2.31. The Kier molecular flexibility index (Phi) is 5.39. The van der Waals surface area contributed by atoms with Crippen molar-refractivity contribution < 1.29 is 14.3 Å². The van der Waals surface area contributed by atoms with E-state index in [-0.39, 0.29) is 12.5 Å². The molecular formula is C20H25ClN4O3. The lowest BCUT2D eigenvalue weighted by molar-refractivity contribution is 0.0222. The molecule has 0 bridgehead atoms. The number of carbonyl (C=O) groups excluding carboxylic acids is 2. The molecule has 2 amide bonds. The van der Waals surface area contributed by atoms with E-state index in [1.807, 2.05) is 33.8 Å². The predicted octanol–water partition coefficient (Wildman–Crippen LogP) is 3.93. The van der Waals surface area contributed by atoms with E-state index >= 15 is 0 Å². The van der Waals surface area contributed by atoms with Gasteiger partial charge in [0.2, 0.25) is 0 Å². The number of nitrogens with zero attached hydrogens (tertiary/aromatic N) is 3. The fraction of sp³-hybridized carbons (Fsp3) is 0.450. The van der Waals surface area contributed by atoms with Crippen LogP contribution in [0.25, 0.3) is 0 Å². The summed E-state index contributed by atoms with van der Waals surface area (Å²) >= 11 is 6.15. The van der Waals surface area contributed by atoms with Crippen molar-refractivity contribution in [3.63, 3.8) is 0 Å². The minimum atomic E-state index is -0.572. The van der Waals surface area contributed by atoms with Crippen molar-refractivity contribution in [3.8, 4) is 0 Å². The third-order valence-electron chi connectivity index (χ3n) is 4.49. The van der Waals surface area contributed by atoms with Gasteiger partial charge in [-0.15, -0.1) is 0 Å². The van der Waals surface area contributed by atoms with Crippen molar-refractivity contribution in [1.82, 2.24) is 14.7 Å². The molecule has 3 rings (SSSR count). The molecule has 2 heterocycles. The lowest BCUT2D eigenvalue weighted by Gasteiger charge is -2.29. The normalized spacial score (nSPS) is 13.9. The van der Waals surface area contributed by atoms with Crippen LogP contribution in [0.4, 0.5) is 10.5 Å². The van der Waals surface area contributed by atoms with Gasteiger partial charge in [0.25, 0.3) is 5.91 Å². The zero-order valence-electron chi connectivity index (χ0n) is 16.8. The van der Waals surface area contributed by atoms with Crippen LogP contribution in [0.15, 0.2) is 18.2 Å². The van der Waals surface area contributed by atoms with Gasteiger partial charge in [0.1, 0.15) is 11.3 Å². The van der Waals surface area contributed by atoms with E-state index in [0.29, 0.717) is 29.4 Å². The van der Waals surface area contributed by atoms with Crippen molar-refractivity contribution in [2.24, 2.45) is 7.05 Å². The second-order valence-corrected chi connectivity index (χ2v) is 8.37. The first-order chi connectivity index (χ1) is 13.0. The Hall–Kier alpha value is -2.54. The van der Waals surface area contributed by atoms with Crippen LogP contribution in [0.2, 0.25) is 5.02 Å². The Morgan fingerprint density at radius 1 is 1.29 bits per heavy atom. The van der Waals surface area contributed by atoms with Gasteiger partial charge < -0.3 is 15.0 Å². The number of anilines is 1. The monoisotopic (exact) mass is 404 g/mol.